The van der Waals surface area contributed by atoms with Gasteiger partial charge >= 0.3 is 0 Å². The zero-order valence-electron chi connectivity index (χ0n) is 18.5. The first kappa shape index (κ1) is 23.8. The van der Waals surface area contributed by atoms with E-state index in [2.05, 4.69) is 5.32 Å². The molecule has 0 heterocycles. The number of carbonyl (C=O) groups excluding carboxylic acids is 2. The van der Waals surface area contributed by atoms with Crippen molar-refractivity contribution in [1.82, 2.24) is 0 Å². The zero-order chi connectivity index (χ0) is 24.8. The van der Waals surface area contributed by atoms with Crippen molar-refractivity contribution >= 4 is 23.2 Å². The lowest BCUT2D eigenvalue weighted by Gasteiger charge is -2.23. The first-order valence-electron chi connectivity index (χ1n) is 10.8. The number of carbonyl (C=O) groups is 2. The maximum Gasteiger partial charge on any atom is 0.258 e. The average molecular weight is 474 g/mol. The Morgan fingerprint density at radius 1 is 0.686 bits per heavy atom. The van der Waals surface area contributed by atoms with Crippen molar-refractivity contribution in [3.05, 3.63) is 131 Å². The minimum Gasteiger partial charge on any atom is -0.326 e. The van der Waals surface area contributed by atoms with Crippen LogP contribution in [0.25, 0.3) is 0 Å². The molecule has 4 aromatic carbocycles. The van der Waals surface area contributed by atoms with Crippen LogP contribution >= 0.6 is 0 Å². The fourth-order valence-electron chi connectivity index (χ4n) is 3.59. The highest BCUT2D eigenvalue weighted by Gasteiger charge is 2.19. The molecule has 176 valence electrons. The summed E-state index contributed by atoms with van der Waals surface area (Å²) in [5.41, 5.74) is 2.40. The van der Waals surface area contributed by atoms with Crippen LogP contribution in [0.2, 0.25) is 0 Å². The summed E-state index contributed by atoms with van der Waals surface area (Å²) in [5.74, 6) is -2.09. The van der Waals surface area contributed by atoms with Gasteiger partial charge in [-0.15, -0.1) is 0 Å². The van der Waals surface area contributed by atoms with Crippen molar-refractivity contribution < 1.29 is 22.8 Å². The topological polar surface area (TPSA) is 49.4 Å². The molecule has 0 bridgehead atoms. The third-order valence-electron chi connectivity index (χ3n) is 5.29. The maximum atomic E-state index is 13.7. The number of rotatable bonds is 7. The Hall–Kier alpha value is -4.39. The van der Waals surface area contributed by atoms with Crippen molar-refractivity contribution in [2.45, 2.75) is 13.0 Å². The maximum absolute atomic E-state index is 13.7. The Morgan fingerprint density at radius 2 is 1.34 bits per heavy atom. The van der Waals surface area contributed by atoms with E-state index in [1.54, 1.807) is 36.4 Å². The molecule has 2 amide bonds. The highest BCUT2D eigenvalue weighted by Crippen LogP contribution is 2.22. The molecule has 0 spiro atoms. The summed E-state index contributed by atoms with van der Waals surface area (Å²) in [6.45, 7) is 0.0670. The summed E-state index contributed by atoms with van der Waals surface area (Å²) >= 11 is 0. The van der Waals surface area contributed by atoms with E-state index >= 15 is 0 Å². The van der Waals surface area contributed by atoms with Gasteiger partial charge in [0, 0.05) is 16.9 Å². The SMILES string of the molecule is O=C(Cc1ccc(N(Cc2cccc(F)c2)C(=O)c2cccc(F)c2)cc1)Nc1ccc(F)cc1. The lowest BCUT2D eigenvalue weighted by molar-refractivity contribution is -0.115. The second-order valence-corrected chi connectivity index (χ2v) is 7.93. The predicted octanol–water partition coefficient (Wildman–Crippen LogP) is 6.13. The van der Waals surface area contributed by atoms with Crippen LogP contribution in [0.4, 0.5) is 24.5 Å². The third-order valence-corrected chi connectivity index (χ3v) is 5.29. The molecule has 1 N–H and O–H groups in total. The van der Waals surface area contributed by atoms with Crippen molar-refractivity contribution in [3.63, 3.8) is 0 Å². The van der Waals surface area contributed by atoms with Gasteiger partial charge in [-0.2, -0.15) is 0 Å². The van der Waals surface area contributed by atoms with Crippen molar-refractivity contribution in [3.8, 4) is 0 Å². The largest absolute Gasteiger partial charge is 0.326 e. The second kappa shape index (κ2) is 10.7. The van der Waals surface area contributed by atoms with Gasteiger partial charge in [0.05, 0.1) is 13.0 Å². The molecule has 0 saturated carbocycles. The molecule has 0 unspecified atom stereocenters. The van der Waals surface area contributed by atoms with Crippen molar-refractivity contribution in [2.24, 2.45) is 0 Å². The smallest absolute Gasteiger partial charge is 0.258 e. The molecule has 4 nitrogen and oxygen atoms in total. The first-order valence-corrected chi connectivity index (χ1v) is 10.8. The van der Waals surface area contributed by atoms with Crippen LogP contribution in [0.5, 0.6) is 0 Å². The lowest BCUT2D eigenvalue weighted by atomic mass is 10.1. The number of hydrogen-bond donors (Lipinski definition) is 1. The summed E-state index contributed by atoms with van der Waals surface area (Å²) in [5, 5.41) is 2.70. The summed E-state index contributed by atoms with van der Waals surface area (Å²) in [6.07, 6.45) is 0.0688. The molecule has 7 heteroatoms. The van der Waals surface area contributed by atoms with Crippen LogP contribution in [0.1, 0.15) is 21.5 Å². The molecule has 0 aliphatic rings. The van der Waals surface area contributed by atoms with E-state index in [9.17, 15) is 22.8 Å². The monoisotopic (exact) mass is 474 g/mol. The van der Waals surface area contributed by atoms with E-state index in [1.165, 1.54) is 59.5 Å². The predicted molar refractivity (Wildman–Crippen MR) is 128 cm³/mol. The van der Waals surface area contributed by atoms with Gasteiger partial charge in [0.15, 0.2) is 0 Å². The van der Waals surface area contributed by atoms with Gasteiger partial charge in [-0.25, -0.2) is 13.2 Å². The van der Waals surface area contributed by atoms with E-state index in [0.29, 0.717) is 22.5 Å². The Labute approximate surface area is 200 Å². The van der Waals surface area contributed by atoms with E-state index in [1.807, 2.05) is 0 Å². The highest BCUT2D eigenvalue weighted by atomic mass is 19.1. The number of nitrogens with one attached hydrogen (secondary N) is 1. The molecule has 35 heavy (non-hydrogen) atoms. The number of nitrogens with zero attached hydrogens (tertiary/aromatic N) is 1. The molecular weight excluding hydrogens is 453 g/mol. The zero-order valence-corrected chi connectivity index (χ0v) is 18.5. The standard InChI is InChI=1S/C28H21F3N2O2/c29-22-9-11-25(12-10-22)32-27(34)16-19-7-13-26(14-8-19)33(18-20-3-1-5-23(30)15-20)28(35)21-4-2-6-24(31)17-21/h1-15,17H,16,18H2,(H,32,34). The van der Waals surface area contributed by atoms with Gasteiger partial charge in [0.1, 0.15) is 17.5 Å². The fraction of sp³-hybridized carbons (Fsp3) is 0.0714. The number of anilines is 2. The van der Waals surface area contributed by atoms with Crippen molar-refractivity contribution in [2.75, 3.05) is 10.2 Å². The Morgan fingerprint density at radius 3 is 2.00 bits per heavy atom. The van der Waals surface area contributed by atoms with Gasteiger partial charge in [-0.05, 0) is 77.9 Å². The summed E-state index contributed by atoms with van der Waals surface area (Å²) in [4.78, 5) is 27.0. The van der Waals surface area contributed by atoms with E-state index in [4.69, 9.17) is 0 Å². The van der Waals surface area contributed by atoms with Crippen LogP contribution in [0.15, 0.2) is 97.1 Å². The van der Waals surface area contributed by atoms with Crippen LogP contribution in [0.3, 0.4) is 0 Å². The quantitative estimate of drug-likeness (QED) is 0.350. The normalized spacial score (nSPS) is 10.6. The van der Waals surface area contributed by atoms with Crippen LogP contribution < -0.4 is 10.2 Å². The number of amides is 2. The Kier molecular flexibility index (Phi) is 7.26. The van der Waals surface area contributed by atoms with Gasteiger partial charge in [-0.3, -0.25) is 9.59 Å². The van der Waals surface area contributed by atoms with Crippen molar-refractivity contribution in [1.29, 1.82) is 0 Å². The first-order chi connectivity index (χ1) is 16.9. The van der Waals surface area contributed by atoms with Gasteiger partial charge in [-0.1, -0.05) is 30.3 Å². The molecule has 0 fully saturated rings. The Bertz CT molecular complexity index is 1340. The summed E-state index contributed by atoms with van der Waals surface area (Å²) < 4.78 is 40.5. The molecular formula is C28H21F3N2O2. The minimum atomic E-state index is -0.538. The number of hydrogen-bond acceptors (Lipinski definition) is 2. The lowest BCUT2D eigenvalue weighted by Crippen LogP contribution is -2.30. The van der Waals surface area contributed by atoms with E-state index < -0.39 is 23.4 Å². The van der Waals surface area contributed by atoms with Gasteiger partial charge in [0.2, 0.25) is 5.91 Å². The van der Waals surface area contributed by atoms with E-state index in [0.717, 1.165) is 6.07 Å². The molecule has 0 saturated heterocycles. The average Bonchev–Trinajstić information content (AvgIpc) is 2.84. The molecule has 0 aliphatic carbocycles. The van der Waals surface area contributed by atoms with Gasteiger partial charge < -0.3 is 10.2 Å². The third kappa shape index (κ3) is 6.35. The van der Waals surface area contributed by atoms with Crippen LogP contribution in [0, 0.1) is 17.5 Å². The summed E-state index contributed by atoms with van der Waals surface area (Å²) in [6, 6.07) is 23.5. The van der Waals surface area contributed by atoms with Crippen LogP contribution in [-0.2, 0) is 17.8 Å². The molecule has 4 rings (SSSR count). The Balaban J connectivity index is 1.54. The molecule has 0 radical (unpaired) electrons. The summed E-state index contributed by atoms with van der Waals surface area (Å²) in [7, 11) is 0. The number of halogens is 3. The van der Waals surface area contributed by atoms with Crippen LogP contribution in [-0.4, -0.2) is 11.8 Å². The minimum absolute atomic E-state index is 0.0670. The number of benzene rings is 4. The molecule has 4 aromatic rings. The fourth-order valence-corrected chi connectivity index (χ4v) is 3.59. The second-order valence-electron chi connectivity index (χ2n) is 7.93. The van der Waals surface area contributed by atoms with Gasteiger partial charge in [0.25, 0.3) is 5.91 Å². The van der Waals surface area contributed by atoms with E-state index in [-0.39, 0.29) is 24.4 Å². The highest BCUT2D eigenvalue weighted by molar-refractivity contribution is 6.06. The molecule has 0 aromatic heterocycles. The molecule has 0 atom stereocenters. The molecule has 0 aliphatic heterocycles.